The van der Waals surface area contributed by atoms with Crippen molar-refractivity contribution in [3.63, 3.8) is 0 Å². The minimum absolute atomic E-state index is 0.00473. The topological polar surface area (TPSA) is 222 Å². The highest BCUT2D eigenvalue weighted by Gasteiger charge is 2.31. The molecule has 1 aromatic rings. The van der Waals surface area contributed by atoms with Crippen molar-refractivity contribution >= 4 is 29.6 Å². The molecule has 9 N–H and O–H groups in total. The third-order valence-electron chi connectivity index (χ3n) is 5.21. The van der Waals surface area contributed by atoms with E-state index in [1.165, 1.54) is 12.5 Å². The molecule has 0 aliphatic carbocycles. The molecule has 4 atom stereocenters. The molecule has 1 rings (SSSR count). The van der Waals surface area contributed by atoms with E-state index in [1.54, 1.807) is 13.8 Å². The minimum atomic E-state index is -1.24. The van der Waals surface area contributed by atoms with E-state index < -0.39 is 59.7 Å². The fraction of sp³-hybridized carbons (Fsp3) is 0.636. The third kappa shape index (κ3) is 10.5. The van der Waals surface area contributed by atoms with Gasteiger partial charge >= 0.3 is 5.97 Å². The van der Waals surface area contributed by atoms with Gasteiger partial charge in [-0.05, 0) is 24.7 Å². The number of nitrogens with one attached hydrogen (secondary N) is 4. The van der Waals surface area contributed by atoms with Crippen molar-refractivity contribution in [3.05, 3.63) is 18.2 Å². The molecule has 1 aromatic heterocycles. The van der Waals surface area contributed by atoms with Crippen molar-refractivity contribution in [2.24, 2.45) is 23.3 Å². The zero-order valence-corrected chi connectivity index (χ0v) is 20.5. The fourth-order valence-electron chi connectivity index (χ4n) is 3.30. The molecule has 0 fully saturated rings. The number of hydrogen-bond donors (Lipinski definition) is 7. The molecule has 0 radical (unpaired) electrons. The SMILES string of the molecule is CC(C)CC(NC(=O)C(N)Cc1cnc[nH]1)C(=O)NC(CCC(N)=O)C(=O)NC(C(=O)O)C(C)C. The summed E-state index contributed by atoms with van der Waals surface area (Å²) in [5, 5.41) is 16.9. The second kappa shape index (κ2) is 14.0. The summed E-state index contributed by atoms with van der Waals surface area (Å²) in [6, 6.07) is -4.39. The highest BCUT2D eigenvalue weighted by atomic mass is 16.4. The zero-order chi connectivity index (χ0) is 26.7. The smallest absolute Gasteiger partial charge is 0.326 e. The first-order valence-corrected chi connectivity index (χ1v) is 11.5. The van der Waals surface area contributed by atoms with Crippen LogP contribution in [0, 0.1) is 11.8 Å². The number of aromatic nitrogens is 2. The number of primary amides is 1. The predicted molar refractivity (Wildman–Crippen MR) is 126 cm³/mol. The number of hydrogen-bond acceptors (Lipinski definition) is 7. The molecule has 0 aliphatic heterocycles. The van der Waals surface area contributed by atoms with Crippen LogP contribution in [-0.4, -0.2) is 68.8 Å². The number of aromatic amines is 1. The molecule has 0 bridgehead atoms. The van der Waals surface area contributed by atoms with E-state index in [2.05, 4.69) is 25.9 Å². The summed E-state index contributed by atoms with van der Waals surface area (Å²) >= 11 is 0. The number of carbonyl (C=O) groups is 5. The molecule has 35 heavy (non-hydrogen) atoms. The maximum atomic E-state index is 13.1. The summed E-state index contributed by atoms with van der Waals surface area (Å²) in [7, 11) is 0. The molecule has 0 aliphatic rings. The van der Waals surface area contributed by atoms with Crippen LogP contribution in [0.3, 0.4) is 0 Å². The van der Waals surface area contributed by atoms with E-state index in [9.17, 15) is 29.1 Å². The lowest BCUT2D eigenvalue weighted by atomic mass is 10.0. The van der Waals surface area contributed by atoms with Crippen LogP contribution in [0.1, 0.15) is 52.7 Å². The zero-order valence-electron chi connectivity index (χ0n) is 20.5. The standard InChI is InChI=1S/C22H37N7O6/c1-11(2)7-16(28-19(31)14(23)8-13-9-25-10-26-13)21(33)27-15(5-6-17(24)30)20(32)29-18(12(3)4)22(34)35/h9-12,14-16,18H,5-8,23H2,1-4H3,(H2,24,30)(H,25,26)(H,27,33)(H,28,31)(H,29,32)(H,34,35). The van der Waals surface area contributed by atoms with Gasteiger partial charge in [0.15, 0.2) is 0 Å². The highest BCUT2D eigenvalue weighted by Crippen LogP contribution is 2.09. The lowest BCUT2D eigenvalue weighted by molar-refractivity contribution is -0.143. The van der Waals surface area contributed by atoms with Crippen LogP contribution in [0.2, 0.25) is 0 Å². The second-order valence-electron chi connectivity index (χ2n) is 9.21. The molecule has 1 heterocycles. The molecule has 0 aromatic carbocycles. The molecule has 13 nitrogen and oxygen atoms in total. The Balaban J connectivity index is 2.97. The first-order chi connectivity index (χ1) is 16.3. The van der Waals surface area contributed by atoms with E-state index in [4.69, 9.17) is 11.5 Å². The maximum Gasteiger partial charge on any atom is 0.326 e. The van der Waals surface area contributed by atoms with Crippen molar-refractivity contribution < 1.29 is 29.1 Å². The molecular weight excluding hydrogens is 458 g/mol. The summed E-state index contributed by atoms with van der Waals surface area (Å²) in [6.45, 7) is 6.95. The fourth-order valence-corrected chi connectivity index (χ4v) is 3.30. The number of carboxylic acid groups (broad SMARTS) is 1. The summed E-state index contributed by atoms with van der Waals surface area (Å²) in [4.78, 5) is 68.0. The number of aliphatic carboxylic acids is 1. The van der Waals surface area contributed by atoms with Crippen molar-refractivity contribution in [1.29, 1.82) is 0 Å². The molecule has 13 heteroatoms. The largest absolute Gasteiger partial charge is 0.480 e. The Morgan fingerprint density at radius 1 is 1.00 bits per heavy atom. The summed E-state index contributed by atoms with van der Waals surface area (Å²) in [6.07, 6.45) is 3.07. The minimum Gasteiger partial charge on any atom is -0.480 e. The maximum absolute atomic E-state index is 13.1. The van der Waals surface area contributed by atoms with E-state index in [1.807, 2.05) is 13.8 Å². The predicted octanol–water partition coefficient (Wildman–Crippen LogP) is -1.21. The third-order valence-corrected chi connectivity index (χ3v) is 5.21. The molecular formula is C22H37N7O6. The van der Waals surface area contributed by atoms with Gasteiger partial charge in [-0.15, -0.1) is 0 Å². The molecule has 0 spiro atoms. The van der Waals surface area contributed by atoms with E-state index in [0.717, 1.165) is 0 Å². The van der Waals surface area contributed by atoms with Gasteiger partial charge in [0.1, 0.15) is 18.1 Å². The lowest BCUT2D eigenvalue weighted by Crippen LogP contribution is -2.58. The van der Waals surface area contributed by atoms with Crippen LogP contribution < -0.4 is 27.4 Å². The van der Waals surface area contributed by atoms with Crippen molar-refractivity contribution in [2.45, 2.75) is 77.5 Å². The van der Waals surface area contributed by atoms with Gasteiger partial charge in [-0.3, -0.25) is 19.2 Å². The van der Waals surface area contributed by atoms with Crippen LogP contribution >= 0.6 is 0 Å². The number of nitrogens with two attached hydrogens (primary N) is 2. The first kappa shape index (κ1) is 29.6. The van der Waals surface area contributed by atoms with Crippen LogP contribution in [0.4, 0.5) is 0 Å². The number of carboxylic acids is 1. The Hall–Kier alpha value is -3.48. The summed E-state index contributed by atoms with van der Waals surface area (Å²) in [5.74, 6) is -4.34. The first-order valence-electron chi connectivity index (χ1n) is 11.5. The van der Waals surface area contributed by atoms with Gasteiger partial charge in [0.2, 0.25) is 23.6 Å². The number of amides is 4. The number of H-pyrrole nitrogens is 1. The quantitative estimate of drug-likeness (QED) is 0.156. The lowest BCUT2D eigenvalue weighted by Gasteiger charge is -2.26. The van der Waals surface area contributed by atoms with Gasteiger partial charge < -0.3 is 37.5 Å². The average molecular weight is 496 g/mol. The van der Waals surface area contributed by atoms with Crippen LogP contribution in [0.15, 0.2) is 12.5 Å². The van der Waals surface area contributed by atoms with Crippen molar-refractivity contribution in [2.75, 3.05) is 0 Å². The van der Waals surface area contributed by atoms with Crippen molar-refractivity contribution in [1.82, 2.24) is 25.9 Å². The highest BCUT2D eigenvalue weighted by molar-refractivity contribution is 5.94. The Labute approximate surface area is 204 Å². The molecule has 4 amide bonds. The van der Waals surface area contributed by atoms with Gasteiger partial charge in [-0.2, -0.15) is 0 Å². The van der Waals surface area contributed by atoms with E-state index >= 15 is 0 Å². The number of rotatable bonds is 15. The van der Waals surface area contributed by atoms with Gasteiger partial charge in [0, 0.05) is 24.7 Å². The van der Waals surface area contributed by atoms with Crippen LogP contribution in [0.5, 0.6) is 0 Å². The van der Waals surface area contributed by atoms with Gasteiger partial charge in [-0.25, -0.2) is 9.78 Å². The van der Waals surface area contributed by atoms with Gasteiger partial charge in [0.25, 0.3) is 0 Å². The number of carbonyl (C=O) groups excluding carboxylic acids is 4. The Bertz CT molecular complexity index is 872. The monoisotopic (exact) mass is 495 g/mol. The normalized spacial score (nSPS) is 14.6. The number of nitrogens with zero attached hydrogens (tertiary/aromatic N) is 1. The molecule has 4 unspecified atom stereocenters. The Morgan fingerprint density at radius 2 is 1.60 bits per heavy atom. The summed E-state index contributed by atoms with van der Waals surface area (Å²) in [5.41, 5.74) is 11.8. The molecule has 0 saturated carbocycles. The van der Waals surface area contributed by atoms with Gasteiger partial charge in [0.05, 0.1) is 12.4 Å². The van der Waals surface area contributed by atoms with E-state index in [-0.39, 0.29) is 31.6 Å². The van der Waals surface area contributed by atoms with Gasteiger partial charge in [-0.1, -0.05) is 27.7 Å². The van der Waals surface area contributed by atoms with Crippen molar-refractivity contribution in [3.8, 4) is 0 Å². The average Bonchev–Trinajstić information content (AvgIpc) is 3.25. The van der Waals surface area contributed by atoms with Crippen LogP contribution in [-0.2, 0) is 30.4 Å². The number of imidazole rings is 1. The van der Waals surface area contributed by atoms with E-state index in [0.29, 0.717) is 5.69 Å². The van der Waals surface area contributed by atoms with Crippen LogP contribution in [0.25, 0.3) is 0 Å². The Kier molecular flexibility index (Phi) is 11.9. The molecule has 0 saturated heterocycles. The molecule has 196 valence electrons. The second-order valence-corrected chi connectivity index (χ2v) is 9.21. The Morgan fingerprint density at radius 3 is 2.09 bits per heavy atom. The summed E-state index contributed by atoms with van der Waals surface area (Å²) < 4.78 is 0.